The smallest absolute Gasteiger partial charge is 0.253 e. The number of nitrogens with zero attached hydrogens (tertiary/aromatic N) is 5. The third kappa shape index (κ3) is 3.60. The van der Waals surface area contributed by atoms with Crippen molar-refractivity contribution in [1.82, 2.24) is 14.8 Å². The molecular weight excluding hydrogens is 430 g/mol. The zero-order valence-electron chi connectivity index (χ0n) is 17.3. The second-order valence-electron chi connectivity index (χ2n) is 7.32. The minimum Gasteiger partial charge on any atom is -0.497 e. The predicted molar refractivity (Wildman–Crippen MR) is 125 cm³/mol. The van der Waals surface area contributed by atoms with Crippen LogP contribution in [-0.2, 0) is 6.54 Å². The van der Waals surface area contributed by atoms with E-state index < -0.39 is 0 Å². The number of methoxy groups -OCH3 is 1. The zero-order valence-corrected chi connectivity index (χ0v) is 18.9. The lowest BCUT2D eigenvalue weighted by atomic mass is 10.0. The number of hydrogen-bond acceptors (Lipinski definition) is 6. The zero-order chi connectivity index (χ0) is 21.5. The molecule has 0 fully saturated rings. The molecule has 1 aliphatic rings. The second-order valence-corrected chi connectivity index (χ2v) is 8.99. The number of rotatable bonds is 4. The standard InChI is InChI=1S/C23H20ClN5OS/c1-14-12-20-21(17-6-8-18(24)9-7-17)27-28(13-16-4-10-19(30-3)11-5-16)23-26-25-15(2)29(23)22(20)31-14/h4-12H,13H2,1-3H3. The number of halogens is 1. The molecule has 8 heteroatoms. The Bertz CT molecular complexity index is 1270. The Morgan fingerprint density at radius 3 is 2.45 bits per heavy atom. The Labute approximate surface area is 189 Å². The van der Waals surface area contributed by atoms with Crippen LogP contribution in [0.3, 0.4) is 0 Å². The van der Waals surface area contributed by atoms with Crippen LogP contribution in [0.5, 0.6) is 5.75 Å². The highest BCUT2D eigenvalue weighted by molar-refractivity contribution is 7.15. The lowest BCUT2D eigenvalue weighted by Crippen LogP contribution is -2.20. The molecule has 0 atom stereocenters. The molecule has 0 spiro atoms. The topological polar surface area (TPSA) is 55.5 Å². The lowest BCUT2D eigenvalue weighted by Gasteiger charge is -2.18. The summed E-state index contributed by atoms with van der Waals surface area (Å²) in [5, 5.41) is 17.6. The van der Waals surface area contributed by atoms with Gasteiger partial charge in [-0.25, -0.2) is 5.01 Å². The molecule has 0 saturated carbocycles. The van der Waals surface area contributed by atoms with Crippen molar-refractivity contribution in [2.75, 3.05) is 12.1 Å². The first-order valence-electron chi connectivity index (χ1n) is 9.81. The fourth-order valence-corrected chi connectivity index (χ4v) is 4.82. The molecule has 1 aliphatic heterocycles. The monoisotopic (exact) mass is 449 g/mol. The molecule has 0 amide bonds. The highest BCUT2D eigenvalue weighted by atomic mass is 35.5. The summed E-state index contributed by atoms with van der Waals surface area (Å²) in [6, 6.07) is 17.9. The van der Waals surface area contributed by atoms with Gasteiger partial charge in [-0.15, -0.1) is 21.5 Å². The van der Waals surface area contributed by atoms with Crippen molar-refractivity contribution in [3.05, 3.63) is 87.0 Å². The van der Waals surface area contributed by atoms with Gasteiger partial charge in [-0.1, -0.05) is 35.9 Å². The van der Waals surface area contributed by atoms with Gasteiger partial charge in [0.25, 0.3) is 5.95 Å². The molecule has 0 bridgehead atoms. The summed E-state index contributed by atoms with van der Waals surface area (Å²) >= 11 is 7.86. The maximum Gasteiger partial charge on any atom is 0.253 e. The van der Waals surface area contributed by atoms with E-state index in [2.05, 4.69) is 27.8 Å². The van der Waals surface area contributed by atoms with Gasteiger partial charge in [-0.05, 0) is 49.7 Å². The van der Waals surface area contributed by atoms with Crippen LogP contribution in [0, 0.1) is 13.8 Å². The van der Waals surface area contributed by atoms with Crippen molar-refractivity contribution in [2.24, 2.45) is 5.10 Å². The van der Waals surface area contributed by atoms with Crippen LogP contribution in [0.25, 0.3) is 5.00 Å². The van der Waals surface area contributed by atoms with Gasteiger partial charge >= 0.3 is 0 Å². The van der Waals surface area contributed by atoms with Gasteiger partial charge in [0.1, 0.15) is 22.3 Å². The predicted octanol–water partition coefficient (Wildman–Crippen LogP) is 5.38. The van der Waals surface area contributed by atoms with Crippen molar-refractivity contribution in [3.63, 3.8) is 0 Å². The van der Waals surface area contributed by atoms with Gasteiger partial charge in [0.15, 0.2) is 0 Å². The third-order valence-corrected chi connectivity index (χ3v) is 6.45. The molecule has 156 valence electrons. The van der Waals surface area contributed by atoms with Crippen LogP contribution < -0.4 is 9.75 Å². The van der Waals surface area contributed by atoms with E-state index in [4.69, 9.17) is 21.4 Å². The lowest BCUT2D eigenvalue weighted by molar-refractivity contribution is 0.414. The molecular formula is C23H20ClN5OS. The number of thiophene rings is 1. The largest absolute Gasteiger partial charge is 0.497 e. The van der Waals surface area contributed by atoms with E-state index in [-0.39, 0.29) is 0 Å². The molecule has 2 aromatic carbocycles. The average molecular weight is 450 g/mol. The molecule has 0 aliphatic carbocycles. The van der Waals surface area contributed by atoms with Crippen molar-refractivity contribution in [3.8, 4) is 10.8 Å². The summed E-state index contributed by atoms with van der Waals surface area (Å²) in [5.74, 6) is 2.34. The van der Waals surface area contributed by atoms with E-state index >= 15 is 0 Å². The summed E-state index contributed by atoms with van der Waals surface area (Å²) in [7, 11) is 1.66. The van der Waals surface area contributed by atoms with E-state index in [0.29, 0.717) is 17.5 Å². The maximum atomic E-state index is 6.14. The van der Waals surface area contributed by atoms with Gasteiger partial charge < -0.3 is 4.74 Å². The molecule has 0 unspecified atom stereocenters. The summed E-state index contributed by atoms with van der Waals surface area (Å²) in [4.78, 5) is 1.20. The quantitative estimate of drug-likeness (QED) is 0.419. The van der Waals surface area contributed by atoms with Crippen LogP contribution in [0.4, 0.5) is 5.95 Å². The van der Waals surface area contributed by atoms with E-state index in [1.807, 2.05) is 60.5 Å². The van der Waals surface area contributed by atoms with Gasteiger partial charge in [-0.3, -0.25) is 4.57 Å². The number of anilines is 1. The van der Waals surface area contributed by atoms with E-state index in [1.165, 1.54) is 4.88 Å². The van der Waals surface area contributed by atoms with E-state index in [1.54, 1.807) is 18.4 Å². The number of hydrazone groups is 1. The fourth-order valence-electron chi connectivity index (χ4n) is 3.64. The van der Waals surface area contributed by atoms with Crippen molar-refractivity contribution >= 4 is 34.6 Å². The first-order valence-corrected chi connectivity index (χ1v) is 11.0. The van der Waals surface area contributed by atoms with E-state index in [0.717, 1.165) is 39.0 Å². The third-order valence-electron chi connectivity index (χ3n) is 5.16. The van der Waals surface area contributed by atoms with Crippen molar-refractivity contribution in [2.45, 2.75) is 20.4 Å². The number of aryl methyl sites for hydroxylation is 2. The minimum atomic E-state index is 0.549. The fraction of sp³-hybridized carbons (Fsp3) is 0.174. The first-order chi connectivity index (χ1) is 15.0. The molecule has 0 N–H and O–H groups in total. The summed E-state index contributed by atoms with van der Waals surface area (Å²) in [5.41, 5.74) is 4.04. The Morgan fingerprint density at radius 1 is 1.00 bits per heavy atom. The number of fused-ring (bicyclic) bond motifs is 3. The average Bonchev–Trinajstić information content (AvgIpc) is 3.31. The van der Waals surface area contributed by atoms with Gasteiger partial charge in [0.05, 0.1) is 13.7 Å². The van der Waals surface area contributed by atoms with Crippen LogP contribution in [0.15, 0.2) is 59.7 Å². The van der Waals surface area contributed by atoms with Gasteiger partial charge in [-0.2, -0.15) is 5.10 Å². The normalized spacial score (nSPS) is 12.8. The van der Waals surface area contributed by atoms with Crippen LogP contribution in [-0.4, -0.2) is 27.6 Å². The number of benzene rings is 2. The maximum absolute atomic E-state index is 6.14. The van der Waals surface area contributed by atoms with Crippen LogP contribution >= 0.6 is 22.9 Å². The molecule has 5 rings (SSSR count). The minimum absolute atomic E-state index is 0.549. The Morgan fingerprint density at radius 2 is 1.74 bits per heavy atom. The highest BCUT2D eigenvalue weighted by Gasteiger charge is 2.28. The highest BCUT2D eigenvalue weighted by Crippen LogP contribution is 2.36. The number of ether oxygens (including phenoxy) is 1. The number of aromatic nitrogens is 3. The summed E-state index contributed by atoms with van der Waals surface area (Å²) in [6.45, 7) is 4.62. The Kier molecular flexibility index (Phi) is 5.00. The molecule has 0 radical (unpaired) electrons. The summed E-state index contributed by atoms with van der Waals surface area (Å²) in [6.07, 6.45) is 0. The molecule has 6 nitrogen and oxygen atoms in total. The van der Waals surface area contributed by atoms with Gasteiger partial charge in [0, 0.05) is 21.0 Å². The van der Waals surface area contributed by atoms with Crippen LogP contribution in [0.2, 0.25) is 5.02 Å². The van der Waals surface area contributed by atoms with Gasteiger partial charge in [0.2, 0.25) is 0 Å². The van der Waals surface area contributed by atoms with Crippen LogP contribution in [0.1, 0.15) is 27.4 Å². The molecule has 31 heavy (non-hydrogen) atoms. The second kappa shape index (κ2) is 7.83. The van der Waals surface area contributed by atoms with E-state index in [9.17, 15) is 0 Å². The SMILES string of the molecule is COc1ccc(CN2N=C(c3ccc(Cl)cc3)c3cc(C)sc3-n3c(C)nnc32)cc1. The van der Waals surface area contributed by atoms with Crippen molar-refractivity contribution in [1.29, 1.82) is 0 Å². The molecule has 3 heterocycles. The number of hydrogen-bond donors (Lipinski definition) is 0. The molecule has 2 aromatic heterocycles. The van der Waals surface area contributed by atoms with Crippen molar-refractivity contribution < 1.29 is 4.74 Å². The summed E-state index contributed by atoms with van der Waals surface area (Å²) < 4.78 is 7.38. The Balaban J connectivity index is 1.68. The first kappa shape index (κ1) is 19.8. The Hall–Kier alpha value is -3.16. The molecule has 4 aromatic rings. The molecule has 0 saturated heterocycles.